The van der Waals surface area contributed by atoms with Gasteiger partial charge in [-0.3, -0.25) is 4.79 Å². The van der Waals surface area contributed by atoms with Crippen molar-refractivity contribution in [3.63, 3.8) is 0 Å². The third kappa shape index (κ3) is 5.57. The number of aryl methyl sites for hydroxylation is 1. The Kier molecular flexibility index (Phi) is 6.50. The number of aromatic nitrogens is 1. The van der Waals surface area contributed by atoms with Crippen molar-refractivity contribution in [3.05, 3.63) is 77.5 Å². The van der Waals surface area contributed by atoms with E-state index in [9.17, 15) is 4.79 Å². The monoisotopic (exact) mass is 389 g/mol. The lowest BCUT2D eigenvalue weighted by Crippen LogP contribution is -2.15. The summed E-state index contributed by atoms with van der Waals surface area (Å²) in [4.78, 5) is 16.5. The van der Waals surface area contributed by atoms with Crippen LogP contribution in [0, 0.1) is 12.8 Å². The summed E-state index contributed by atoms with van der Waals surface area (Å²) in [5, 5.41) is 2.83. The van der Waals surface area contributed by atoms with Gasteiger partial charge in [-0.1, -0.05) is 32.4 Å². The van der Waals surface area contributed by atoms with Crippen molar-refractivity contribution >= 4 is 17.4 Å². The molecule has 5 nitrogen and oxygen atoms in total. The predicted octanol–water partition coefficient (Wildman–Crippen LogP) is 5.61. The van der Waals surface area contributed by atoms with Crippen LogP contribution in [0.15, 0.2) is 60.7 Å². The van der Waals surface area contributed by atoms with Crippen molar-refractivity contribution in [1.82, 2.24) is 4.98 Å². The van der Waals surface area contributed by atoms with Crippen molar-refractivity contribution in [1.29, 1.82) is 0 Å². The molecule has 0 aliphatic heterocycles. The molecule has 1 atom stereocenters. The molecule has 0 spiro atoms. The van der Waals surface area contributed by atoms with E-state index in [1.165, 1.54) is 12.0 Å². The Bertz CT molecular complexity index is 966. The zero-order valence-corrected chi connectivity index (χ0v) is 17.1. The highest BCUT2D eigenvalue weighted by Crippen LogP contribution is 2.24. The van der Waals surface area contributed by atoms with Crippen molar-refractivity contribution < 1.29 is 9.53 Å². The summed E-state index contributed by atoms with van der Waals surface area (Å²) >= 11 is 0. The molecule has 0 aliphatic rings. The molecule has 1 unspecified atom stereocenters. The third-order valence-corrected chi connectivity index (χ3v) is 4.86. The molecule has 1 aromatic heterocycles. The van der Waals surface area contributed by atoms with Gasteiger partial charge in [-0.25, -0.2) is 4.98 Å². The molecular weight excluding hydrogens is 362 g/mol. The number of benzene rings is 2. The Labute approximate surface area is 171 Å². The number of pyridine rings is 1. The average molecular weight is 389 g/mol. The molecule has 5 heteroatoms. The average Bonchev–Trinajstić information content (AvgIpc) is 2.70. The van der Waals surface area contributed by atoms with Crippen LogP contribution in [0.2, 0.25) is 0 Å². The van der Waals surface area contributed by atoms with Crippen molar-refractivity contribution in [2.24, 2.45) is 5.92 Å². The Balaban J connectivity index is 1.60. The summed E-state index contributed by atoms with van der Waals surface area (Å²) in [6, 6.07) is 18.8. The van der Waals surface area contributed by atoms with Crippen LogP contribution in [0.25, 0.3) is 0 Å². The van der Waals surface area contributed by atoms with Gasteiger partial charge in [-0.15, -0.1) is 0 Å². The molecule has 2 aromatic carbocycles. The molecule has 3 N–H and O–H groups in total. The number of carbonyl (C=O) groups excluding carboxylic acids is 1. The van der Waals surface area contributed by atoms with E-state index in [0.29, 0.717) is 22.9 Å². The molecule has 1 amide bonds. The predicted molar refractivity (Wildman–Crippen MR) is 117 cm³/mol. The fourth-order valence-corrected chi connectivity index (χ4v) is 2.95. The highest BCUT2D eigenvalue weighted by molar-refractivity contribution is 6.07. The first-order valence-corrected chi connectivity index (χ1v) is 9.86. The minimum Gasteiger partial charge on any atom is -0.457 e. The molecule has 3 aromatic rings. The zero-order valence-electron chi connectivity index (χ0n) is 17.1. The number of nitrogen functional groups attached to an aromatic ring is 1. The standard InChI is InChI=1S/C24H27N3O2/c1-4-16(2)15-18-6-10-20(11-7-18)29-21-12-8-19(9-13-21)27-24(28)22-14-5-17(3)26-23(22)25/h5-14,16H,4,15H2,1-3H3,(H2,25,26)(H,27,28). The van der Waals surface area contributed by atoms with E-state index in [2.05, 4.69) is 36.3 Å². The van der Waals surface area contributed by atoms with E-state index in [1.54, 1.807) is 24.3 Å². The van der Waals surface area contributed by atoms with E-state index in [0.717, 1.165) is 17.9 Å². The zero-order chi connectivity index (χ0) is 20.8. The first-order chi connectivity index (χ1) is 13.9. The number of carbonyl (C=O) groups is 1. The van der Waals surface area contributed by atoms with Crippen molar-refractivity contribution in [2.45, 2.75) is 33.6 Å². The number of nitrogens with zero attached hydrogens (tertiary/aromatic N) is 1. The number of rotatable bonds is 7. The van der Waals surface area contributed by atoms with E-state index < -0.39 is 0 Å². The lowest BCUT2D eigenvalue weighted by atomic mass is 9.99. The maximum absolute atomic E-state index is 12.4. The number of ether oxygens (including phenoxy) is 1. The number of anilines is 2. The lowest BCUT2D eigenvalue weighted by Gasteiger charge is -2.11. The molecule has 29 heavy (non-hydrogen) atoms. The maximum Gasteiger partial charge on any atom is 0.259 e. The van der Waals surface area contributed by atoms with Gasteiger partial charge in [-0.05, 0) is 73.4 Å². The van der Waals surface area contributed by atoms with Gasteiger partial charge in [-0.2, -0.15) is 0 Å². The number of hydrogen-bond acceptors (Lipinski definition) is 4. The van der Waals surface area contributed by atoms with Crippen LogP contribution in [0.5, 0.6) is 11.5 Å². The highest BCUT2D eigenvalue weighted by Gasteiger charge is 2.11. The molecule has 0 fully saturated rings. The Morgan fingerprint density at radius 3 is 2.24 bits per heavy atom. The quantitative estimate of drug-likeness (QED) is 0.551. The van der Waals surface area contributed by atoms with Crippen LogP contribution < -0.4 is 15.8 Å². The second-order valence-electron chi connectivity index (χ2n) is 7.33. The maximum atomic E-state index is 12.4. The number of nitrogens with one attached hydrogen (secondary N) is 1. The molecule has 1 heterocycles. The van der Waals surface area contributed by atoms with Gasteiger partial charge in [0.05, 0.1) is 5.56 Å². The highest BCUT2D eigenvalue weighted by atomic mass is 16.5. The molecular formula is C24H27N3O2. The summed E-state index contributed by atoms with van der Waals surface area (Å²) in [6.45, 7) is 6.30. The molecule has 0 saturated heterocycles. The van der Waals surface area contributed by atoms with E-state index in [-0.39, 0.29) is 11.7 Å². The minimum atomic E-state index is -0.291. The van der Waals surface area contributed by atoms with E-state index in [1.807, 2.05) is 31.2 Å². The molecule has 0 bridgehead atoms. The van der Waals surface area contributed by atoms with Gasteiger partial charge in [0.1, 0.15) is 17.3 Å². The Hall–Kier alpha value is -3.34. The number of amides is 1. The largest absolute Gasteiger partial charge is 0.457 e. The summed E-state index contributed by atoms with van der Waals surface area (Å²) in [5.41, 5.74) is 8.94. The smallest absolute Gasteiger partial charge is 0.259 e. The van der Waals surface area contributed by atoms with Crippen LogP contribution in [-0.4, -0.2) is 10.9 Å². The molecule has 0 radical (unpaired) electrons. The van der Waals surface area contributed by atoms with Crippen molar-refractivity contribution in [3.8, 4) is 11.5 Å². The van der Waals surface area contributed by atoms with Crippen LogP contribution >= 0.6 is 0 Å². The van der Waals surface area contributed by atoms with Crippen molar-refractivity contribution in [2.75, 3.05) is 11.1 Å². The summed E-state index contributed by atoms with van der Waals surface area (Å²) in [7, 11) is 0. The summed E-state index contributed by atoms with van der Waals surface area (Å²) in [5.74, 6) is 2.10. The molecule has 150 valence electrons. The van der Waals surface area contributed by atoms with Gasteiger partial charge in [0, 0.05) is 11.4 Å². The molecule has 0 aliphatic carbocycles. The third-order valence-electron chi connectivity index (χ3n) is 4.86. The minimum absolute atomic E-state index is 0.222. The van der Waals surface area contributed by atoms with E-state index >= 15 is 0 Å². The summed E-state index contributed by atoms with van der Waals surface area (Å²) < 4.78 is 5.90. The first kappa shape index (κ1) is 20.4. The Morgan fingerprint density at radius 2 is 1.66 bits per heavy atom. The van der Waals surface area contributed by atoms with Gasteiger partial charge in [0.2, 0.25) is 0 Å². The summed E-state index contributed by atoms with van der Waals surface area (Å²) in [6.07, 6.45) is 2.25. The van der Waals surface area contributed by atoms with Crippen LogP contribution in [0.4, 0.5) is 11.5 Å². The fraction of sp³-hybridized carbons (Fsp3) is 0.250. The number of hydrogen-bond donors (Lipinski definition) is 2. The molecule has 3 rings (SSSR count). The molecule has 0 saturated carbocycles. The van der Waals surface area contributed by atoms with E-state index in [4.69, 9.17) is 10.5 Å². The van der Waals surface area contributed by atoms with Gasteiger partial charge < -0.3 is 15.8 Å². The lowest BCUT2D eigenvalue weighted by molar-refractivity contribution is 0.102. The van der Waals surface area contributed by atoms with Gasteiger partial charge in [0.25, 0.3) is 5.91 Å². The second-order valence-corrected chi connectivity index (χ2v) is 7.33. The SMILES string of the molecule is CCC(C)Cc1ccc(Oc2ccc(NC(=O)c3ccc(C)nc3N)cc2)cc1. The first-order valence-electron chi connectivity index (χ1n) is 9.86. The van der Waals surface area contributed by atoms with Gasteiger partial charge >= 0.3 is 0 Å². The second kappa shape index (κ2) is 9.24. The fourth-order valence-electron chi connectivity index (χ4n) is 2.95. The van der Waals surface area contributed by atoms with Crippen LogP contribution in [0.1, 0.15) is 41.9 Å². The van der Waals surface area contributed by atoms with Crippen LogP contribution in [0.3, 0.4) is 0 Å². The topological polar surface area (TPSA) is 77.2 Å². The Morgan fingerprint density at radius 1 is 1.03 bits per heavy atom. The van der Waals surface area contributed by atoms with Gasteiger partial charge in [0.15, 0.2) is 0 Å². The number of nitrogens with two attached hydrogens (primary N) is 1. The van der Waals surface area contributed by atoms with Crippen LogP contribution in [-0.2, 0) is 6.42 Å². The normalized spacial score (nSPS) is 11.7.